The summed E-state index contributed by atoms with van der Waals surface area (Å²) >= 11 is 6.51. The van der Waals surface area contributed by atoms with Crippen molar-refractivity contribution in [3.63, 3.8) is 0 Å². The number of fused-ring (bicyclic) bond motifs is 3. The highest BCUT2D eigenvalue weighted by molar-refractivity contribution is 6.31. The van der Waals surface area contributed by atoms with Crippen molar-refractivity contribution in [2.45, 2.75) is 88.6 Å². The molecule has 0 spiro atoms. The van der Waals surface area contributed by atoms with Gasteiger partial charge < -0.3 is 39.4 Å². The SMILES string of the molecule is CC[C@@]1(O)C[C@H](O[C@H]2C[C@H](Cl)[C@@H](OC(C)=O)[C@H](C)O2)c2c(O)c3c(c(O)c2[C@H]1OC(C)=O)C(=O)c1cccc(O)c1C3=O. The second-order valence-corrected chi connectivity index (χ2v) is 11.6. The average molecular weight is 619 g/mol. The number of aliphatic hydroxyl groups is 1. The van der Waals surface area contributed by atoms with Crippen LogP contribution in [0.2, 0.25) is 0 Å². The zero-order valence-electron chi connectivity index (χ0n) is 23.8. The Morgan fingerprint density at radius 2 is 1.63 bits per heavy atom. The molecule has 0 amide bonds. The van der Waals surface area contributed by atoms with E-state index in [0.29, 0.717) is 0 Å². The maximum atomic E-state index is 13.6. The number of hydrogen-bond acceptors (Lipinski definition) is 12. The molecule has 4 N–H and O–H groups in total. The Kier molecular flexibility index (Phi) is 7.93. The molecule has 5 rings (SSSR count). The van der Waals surface area contributed by atoms with Gasteiger partial charge in [0.15, 0.2) is 18.2 Å². The summed E-state index contributed by atoms with van der Waals surface area (Å²) in [6.07, 6.45) is -5.68. The Bertz CT molecular complexity index is 1520. The number of halogens is 1. The number of alkyl halides is 1. The molecular weight excluding hydrogens is 588 g/mol. The third kappa shape index (κ3) is 5.01. The van der Waals surface area contributed by atoms with E-state index in [2.05, 4.69) is 0 Å². The van der Waals surface area contributed by atoms with E-state index < -0.39 is 93.6 Å². The van der Waals surface area contributed by atoms with Gasteiger partial charge in [-0.25, -0.2) is 0 Å². The highest BCUT2D eigenvalue weighted by Crippen LogP contribution is 2.57. The van der Waals surface area contributed by atoms with Gasteiger partial charge in [0.1, 0.15) is 29.0 Å². The van der Waals surface area contributed by atoms with Crippen LogP contribution in [0.15, 0.2) is 18.2 Å². The molecule has 12 nitrogen and oxygen atoms in total. The smallest absolute Gasteiger partial charge is 0.303 e. The van der Waals surface area contributed by atoms with Crippen LogP contribution in [0.1, 0.15) is 102 Å². The topological polar surface area (TPSA) is 186 Å². The molecule has 2 aromatic rings. The van der Waals surface area contributed by atoms with E-state index in [0.717, 1.165) is 6.92 Å². The second kappa shape index (κ2) is 11.1. The molecule has 7 atom stereocenters. The predicted octanol–water partition coefficient (Wildman–Crippen LogP) is 3.46. The van der Waals surface area contributed by atoms with E-state index in [9.17, 15) is 39.6 Å². The number of esters is 2. The molecule has 0 unspecified atom stereocenters. The van der Waals surface area contributed by atoms with Gasteiger partial charge in [0.05, 0.1) is 34.3 Å². The van der Waals surface area contributed by atoms with Crippen molar-refractivity contribution in [3.8, 4) is 17.2 Å². The third-order valence-corrected chi connectivity index (χ3v) is 8.65. The van der Waals surface area contributed by atoms with Crippen LogP contribution >= 0.6 is 11.6 Å². The van der Waals surface area contributed by atoms with Crippen LogP contribution < -0.4 is 0 Å². The van der Waals surface area contributed by atoms with E-state index >= 15 is 0 Å². The Balaban J connectivity index is 1.67. The van der Waals surface area contributed by atoms with Gasteiger partial charge in [-0.15, -0.1) is 11.6 Å². The Hall–Kier alpha value is -3.71. The van der Waals surface area contributed by atoms with Gasteiger partial charge in [-0.1, -0.05) is 19.1 Å². The van der Waals surface area contributed by atoms with E-state index in [4.69, 9.17) is 30.5 Å². The fourth-order valence-corrected chi connectivity index (χ4v) is 6.62. The van der Waals surface area contributed by atoms with Crippen molar-refractivity contribution in [3.05, 3.63) is 51.6 Å². The number of hydrogen-bond donors (Lipinski definition) is 4. The van der Waals surface area contributed by atoms with Gasteiger partial charge in [0.2, 0.25) is 5.78 Å². The van der Waals surface area contributed by atoms with Gasteiger partial charge in [-0.3, -0.25) is 19.2 Å². The lowest BCUT2D eigenvalue weighted by molar-refractivity contribution is -0.251. The lowest BCUT2D eigenvalue weighted by Gasteiger charge is -2.45. The minimum atomic E-state index is -1.86. The highest BCUT2D eigenvalue weighted by Gasteiger charge is 2.53. The normalized spacial score (nSPS) is 29.7. The zero-order chi connectivity index (χ0) is 31.5. The van der Waals surface area contributed by atoms with Gasteiger partial charge >= 0.3 is 11.9 Å². The minimum Gasteiger partial charge on any atom is -0.507 e. The van der Waals surface area contributed by atoms with Crippen LogP contribution in [0, 0.1) is 0 Å². The molecule has 1 aliphatic heterocycles. The maximum absolute atomic E-state index is 13.6. The summed E-state index contributed by atoms with van der Waals surface area (Å²) < 4.78 is 22.9. The van der Waals surface area contributed by atoms with Gasteiger partial charge in [-0.2, -0.15) is 0 Å². The zero-order valence-corrected chi connectivity index (χ0v) is 24.5. The molecule has 1 fully saturated rings. The van der Waals surface area contributed by atoms with Crippen molar-refractivity contribution < 1.29 is 58.6 Å². The van der Waals surface area contributed by atoms with E-state index in [-0.39, 0.29) is 41.5 Å². The first-order chi connectivity index (χ1) is 20.2. The predicted molar refractivity (Wildman–Crippen MR) is 147 cm³/mol. The number of rotatable bonds is 5. The summed E-state index contributed by atoms with van der Waals surface area (Å²) in [7, 11) is 0. The molecule has 0 aromatic heterocycles. The first kappa shape index (κ1) is 30.7. The Labute approximate surface area is 251 Å². The molecule has 13 heteroatoms. The van der Waals surface area contributed by atoms with Crippen LogP contribution in [0.5, 0.6) is 17.2 Å². The molecule has 1 heterocycles. The molecule has 3 aliphatic rings. The molecule has 0 saturated carbocycles. The number of ketones is 2. The number of ether oxygens (including phenoxy) is 4. The third-order valence-electron chi connectivity index (χ3n) is 8.22. The molecule has 2 aliphatic carbocycles. The van der Waals surface area contributed by atoms with E-state index in [1.807, 2.05) is 0 Å². The molecule has 0 radical (unpaired) electrons. The second-order valence-electron chi connectivity index (χ2n) is 11.0. The fourth-order valence-electron chi connectivity index (χ4n) is 6.22. The fraction of sp³-hybridized carbons (Fsp3) is 0.467. The number of benzene rings is 2. The van der Waals surface area contributed by atoms with Gasteiger partial charge in [0.25, 0.3) is 0 Å². The molecule has 2 aromatic carbocycles. The molecular formula is C30H31ClO12. The Morgan fingerprint density at radius 3 is 2.23 bits per heavy atom. The van der Waals surface area contributed by atoms with E-state index in [1.165, 1.54) is 25.1 Å². The average Bonchev–Trinajstić information content (AvgIpc) is 2.92. The summed E-state index contributed by atoms with van der Waals surface area (Å²) in [6, 6.07) is 3.85. The minimum absolute atomic E-state index is 0.0142. The first-order valence-corrected chi connectivity index (χ1v) is 14.2. The van der Waals surface area contributed by atoms with E-state index in [1.54, 1.807) is 13.8 Å². The van der Waals surface area contributed by atoms with Crippen LogP contribution in [0.4, 0.5) is 0 Å². The summed E-state index contributed by atoms with van der Waals surface area (Å²) in [5.74, 6) is -5.19. The largest absolute Gasteiger partial charge is 0.507 e. The molecule has 1 saturated heterocycles. The summed E-state index contributed by atoms with van der Waals surface area (Å²) in [5.41, 5.74) is -4.06. The summed E-state index contributed by atoms with van der Waals surface area (Å²) in [6.45, 7) is 5.57. The number of phenols is 3. The molecule has 43 heavy (non-hydrogen) atoms. The van der Waals surface area contributed by atoms with Crippen molar-refractivity contribution in [2.24, 2.45) is 0 Å². The number of phenolic OH excluding ortho intramolecular Hbond substituents is 3. The van der Waals surface area contributed by atoms with Crippen molar-refractivity contribution in [2.75, 3.05) is 0 Å². The molecule has 230 valence electrons. The number of aromatic hydroxyl groups is 3. The number of carbonyl (C=O) groups excluding carboxylic acids is 4. The standard InChI is InChI=1S/C30H31ClO12/c1-5-30(39)10-17(43-18-9-15(31)28(11(2)40-18)41-12(3)32)20-23(29(30)42-13(4)33)27(38)21-22(26(20)37)25(36)19-14(24(21)35)7-6-8-16(19)34/h6-8,11,15,17-18,28-29,34,37-39H,5,9-10H2,1-4H3/t11-,15-,17-,18-,28-,29+,30+/m0/s1. The quantitative estimate of drug-likeness (QED) is 0.186. The van der Waals surface area contributed by atoms with Crippen LogP contribution in [-0.4, -0.2) is 73.4 Å². The number of carbonyl (C=O) groups is 4. The highest BCUT2D eigenvalue weighted by atomic mass is 35.5. The first-order valence-electron chi connectivity index (χ1n) is 13.7. The maximum Gasteiger partial charge on any atom is 0.303 e. The van der Waals surface area contributed by atoms with Gasteiger partial charge in [0, 0.05) is 43.4 Å². The lowest BCUT2D eigenvalue weighted by Crippen LogP contribution is -2.49. The monoisotopic (exact) mass is 618 g/mol. The van der Waals surface area contributed by atoms with Crippen molar-refractivity contribution in [1.29, 1.82) is 0 Å². The van der Waals surface area contributed by atoms with Gasteiger partial charge in [-0.05, 0) is 19.4 Å². The van der Waals surface area contributed by atoms with Crippen molar-refractivity contribution >= 4 is 35.1 Å². The van der Waals surface area contributed by atoms with Crippen LogP contribution in [0.3, 0.4) is 0 Å². The summed E-state index contributed by atoms with van der Waals surface area (Å²) in [5, 5.41) is 44.7. The Morgan fingerprint density at radius 1 is 1.00 bits per heavy atom. The lowest BCUT2D eigenvalue weighted by atomic mass is 9.70. The van der Waals surface area contributed by atoms with Crippen LogP contribution in [-0.2, 0) is 28.5 Å². The summed E-state index contributed by atoms with van der Waals surface area (Å²) in [4.78, 5) is 50.9. The molecule has 0 bridgehead atoms. The van der Waals surface area contributed by atoms with Crippen molar-refractivity contribution in [1.82, 2.24) is 0 Å². The van der Waals surface area contributed by atoms with Crippen LogP contribution in [0.25, 0.3) is 0 Å².